The highest BCUT2D eigenvalue weighted by Gasteiger charge is 2.32. The van der Waals surface area contributed by atoms with Crippen LogP contribution in [-0.4, -0.2) is 55.0 Å². The number of unbranched alkanes of at least 4 members (excludes halogenated alkanes) is 1. The number of aliphatic carboxylic acids is 1. The Labute approximate surface area is 101 Å². The summed E-state index contributed by atoms with van der Waals surface area (Å²) < 4.78 is 22.9. The van der Waals surface area contributed by atoms with E-state index in [0.717, 1.165) is 0 Å². The summed E-state index contributed by atoms with van der Waals surface area (Å²) in [5.74, 6) is -1.00. The van der Waals surface area contributed by atoms with Gasteiger partial charge in [-0.25, -0.2) is 8.42 Å². The van der Waals surface area contributed by atoms with Gasteiger partial charge in [0.1, 0.15) is 0 Å². The molecule has 0 aliphatic carbocycles. The first-order valence-electron chi connectivity index (χ1n) is 5.48. The molecule has 96 valence electrons. The molecule has 1 heterocycles. The maximum atomic E-state index is 11.4. The molecule has 0 aromatic rings. The molecule has 1 unspecified atom stereocenters. The van der Waals surface area contributed by atoms with Gasteiger partial charge in [0.15, 0.2) is 9.84 Å². The molecule has 0 radical (unpaired) electrons. The summed E-state index contributed by atoms with van der Waals surface area (Å²) in [4.78, 5) is 12.5. The highest BCUT2D eigenvalue weighted by atomic mass is 32.2. The summed E-state index contributed by atoms with van der Waals surface area (Å²) in [5, 5.41) is 17.2. The minimum Gasteiger partial charge on any atom is -0.481 e. The Hall–Kier alpha value is -1.13. The highest BCUT2D eigenvalue weighted by Crippen LogP contribution is 2.15. The average Bonchev–Trinajstić information content (AvgIpc) is 2.20. The minimum atomic E-state index is -3.11. The molecule has 1 aliphatic rings. The highest BCUT2D eigenvalue weighted by molar-refractivity contribution is 7.91. The van der Waals surface area contributed by atoms with Crippen LogP contribution in [0.1, 0.15) is 19.3 Å². The lowest BCUT2D eigenvalue weighted by molar-refractivity contribution is -0.138. The third kappa shape index (κ3) is 4.71. The molecule has 0 saturated carbocycles. The van der Waals surface area contributed by atoms with Crippen LogP contribution in [0.15, 0.2) is 0 Å². The number of carboxylic acids is 1. The third-order valence-electron chi connectivity index (χ3n) is 2.80. The maximum absolute atomic E-state index is 11.4. The number of sulfone groups is 1. The molecule has 0 amide bonds. The zero-order valence-electron chi connectivity index (χ0n) is 9.50. The van der Waals surface area contributed by atoms with Crippen molar-refractivity contribution in [1.29, 1.82) is 5.26 Å². The molecule has 6 nitrogen and oxygen atoms in total. The second-order valence-corrected chi connectivity index (χ2v) is 6.39. The van der Waals surface area contributed by atoms with Gasteiger partial charge in [-0.15, -0.1) is 0 Å². The molecule has 0 spiro atoms. The predicted octanol–water partition coefficient (Wildman–Crippen LogP) is -0.136. The van der Waals surface area contributed by atoms with Gasteiger partial charge in [-0.05, 0) is 13.0 Å². The van der Waals surface area contributed by atoms with E-state index in [2.05, 4.69) is 0 Å². The Morgan fingerprint density at radius 1 is 1.53 bits per heavy atom. The van der Waals surface area contributed by atoms with E-state index in [0.29, 0.717) is 25.9 Å². The second kappa shape index (κ2) is 5.98. The van der Waals surface area contributed by atoms with Crippen molar-refractivity contribution in [1.82, 2.24) is 4.90 Å². The van der Waals surface area contributed by atoms with Crippen molar-refractivity contribution < 1.29 is 18.3 Å². The van der Waals surface area contributed by atoms with Crippen LogP contribution in [0.5, 0.6) is 0 Å². The lowest BCUT2D eigenvalue weighted by Crippen LogP contribution is -2.49. The van der Waals surface area contributed by atoms with Gasteiger partial charge in [0.25, 0.3) is 0 Å². The van der Waals surface area contributed by atoms with Crippen molar-refractivity contribution in [2.45, 2.75) is 25.3 Å². The molecule has 1 saturated heterocycles. The number of carbonyl (C=O) groups is 1. The fraction of sp³-hybridized carbons (Fsp3) is 0.800. The van der Waals surface area contributed by atoms with Gasteiger partial charge in [0, 0.05) is 19.0 Å². The largest absolute Gasteiger partial charge is 0.481 e. The molecule has 7 heteroatoms. The zero-order valence-corrected chi connectivity index (χ0v) is 10.3. The van der Waals surface area contributed by atoms with E-state index in [4.69, 9.17) is 10.4 Å². The van der Waals surface area contributed by atoms with E-state index in [1.807, 2.05) is 11.0 Å². The minimum absolute atomic E-state index is 0.0790. The van der Waals surface area contributed by atoms with Crippen LogP contribution in [0.25, 0.3) is 0 Å². The molecular formula is C10H16N2O4S. The third-order valence-corrected chi connectivity index (χ3v) is 4.49. The van der Waals surface area contributed by atoms with Gasteiger partial charge in [-0.2, -0.15) is 5.26 Å². The molecule has 1 N–H and O–H groups in total. The van der Waals surface area contributed by atoms with Gasteiger partial charge in [-0.3, -0.25) is 9.69 Å². The van der Waals surface area contributed by atoms with Crippen LogP contribution in [0.2, 0.25) is 0 Å². The van der Waals surface area contributed by atoms with Crippen LogP contribution in [0, 0.1) is 11.3 Å². The van der Waals surface area contributed by atoms with Crippen molar-refractivity contribution >= 4 is 15.8 Å². The first-order valence-corrected chi connectivity index (χ1v) is 7.30. The lowest BCUT2D eigenvalue weighted by Gasteiger charge is -2.34. The van der Waals surface area contributed by atoms with Crippen molar-refractivity contribution in [3.63, 3.8) is 0 Å². The fourth-order valence-electron chi connectivity index (χ4n) is 1.97. The SMILES string of the molecule is N#CCCCN1CCS(=O)(=O)CC1CC(=O)O. The predicted molar refractivity (Wildman–Crippen MR) is 61.1 cm³/mol. The molecule has 0 aromatic heterocycles. The molecule has 1 aliphatic heterocycles. The van der Waals surface area contributed by atoms with E-state index in [9.17, 15) is 13.2 Å². The van der Waals surface area contributed by atoms with Crippen molar-refractivity contribution in [2.24, 2.45) is 0 Å². The van der Waals surface area contributed by atoms with Crippen molar-refractivity contribution in [3.05, 3.63) is 0 Å². The summed E-state index contributed by atoms with van der Waals surface area (Å²) in [6, 6.07) is 1.56. The van der Waals surface area contributed by atoms with Crippen LogP contribution in [0.3, 0.4) is 0 Å². The molecule has 0 aromatic carbocycles. The van der Waals surface area contributed by atoms with Gasteiger partial charge in [0.2, 0.25) is 0 Å². The van der Waals surface area contributed by atoms with E-state index in [-0.39, 0.29) is 17.9 Å². The van der Waals surface area contributed by atoms with E-state index in [1.54, 1.807) is 0 Å². The summed E-state index contributed by atoms with van der Waals surface area (Å²) >= 11 is 0. The van der Waals surface area contributed by atoms with Crippen LogP contribution in [-0.2, 0) is 14.6 Å². The number of hydrogen-bond acceptors (Lipinski definition) is 5. The molecule has 1 rings (SSSR count). The van der Waals surface area contributed by atoms with Crippen LogP contribution in [0.4, 0.5) is 0 Å². The Bertz CT molecular complexity index is 413. The number of nitrogens with zero attached hydrogens (tertiary/aromatic N) is 2. The van der Waals surface area contributed by atoms with Crippen molar-refractivity contribution in [2.75, 3.05) is 24.6 Å². The summed E-state index contributed by atoms with van der Waals surface area (Å²) in [6.45, 7) is 0.951. The summed E-state index contributed by atoms with van der Waals surface area (Å²) in [6.07, 6.45) is 0.890. The number of rotatable bonds is 5. The maximum Gasteiger partial charge on any atom is 0.304 e. The first-order chi connectivity index (χ1) is 7.94. The molecule has 1 atom stereocenters. The second-order valence-electron chi connectivity index (χ2n) is 4.16. The quantitative estimate of drug-likeness (QED) is 0.691. The van der Waals surface area contributed by atoms with Crippen LogP contribution < -0.4 is 0 Å². The Balaban J connectivity index is 2.61. The smallest absolute Gasteiger partial charge is 0.304 e. The van der Waals surface area contributed by atoms with Gasteiger partial charge in [0.05, 0.1) is 24.0 Å². The van der Waals surface area contributed by atoms with Crippen molar-refractivity contribution in [3.8, 4) is 6.07 Å². The lowest BCUT2D eigenvalue weighted by atomic mass is 10.2. The van der Waals surface area contributed by atoms with E-state index < -0.39 is 21.8 Å². The average molecular weight is 260 g/mol. The van der Waals surface area contributed by atoms with Gasteiger partial charge in [-0.1, -0.05) is 0 Å². The van der Waals surface area contributed by atoms with Gasteiger partial charge < -0.3 is 5.11 Å². The summed E-state index contributed by atoms with van der Waals surface area (Å²) in [7, 11) is -3.11. The Morgan fingerprint density at radius 3 is 2.82 bits per heavy atom. The molecular weight excluding hydrogens is 244 g/mol. The number of hydrogen-bond donors (Lipinski definition) is 1. The first kappa shape index (κ1) is 13.9. The Morgan fingerprint density at radius 2 is 2.24 bits per heavy atom. The fourth-order valence-corrected chi connectivity index (χ4v) is 3.56. The van der Waals surface area contributed by atoms with Gasteiger partial charge >= 0.3 is 5.97 Å². The number of carboxylic acid groups (broad SMARTS) is 1. The van der Waals surface area contributed by atoms with Crippen LogP contribution >= 0.6 is 0 Å². The monoisotopic (exact) mass is 260 g/mol. The molecule has 17 heavy (non-hydrogen) atoms. The topological polar surface area (TPSA) is 98.5 Å². The zero-order chi connectivity index (χ0) is 12.9. The number of nitriles is 1. The normalized spacial score (nSPS) is 24.1. The van der Waals surface area contributed by atoms with E-state index in [1.165, 1.54) is 0 Å². The Kier molecular flexibility index (Phi) is 4.90. The molecule has 0 bridgehead atoms. The molecule has 1 fully saturated rings. The standard InChI is InChI=1S/C10H16N2O4S/c11-3-1-2-4-12-5-6-17(15,16)8-9(12)7-10(13)14/h9H,1-2,4-8H2,(H,13,14). The summed E-state index contributed by atoms with van der Waals surface area (Å²) in [5.41, 5.74) is 0. The van der Waals surface area contributed by atoms with E-state index >= 15 is 0 Å².